The zero-order chi connectivity index (χ0) is 12.5. The molecule has 1 fully saturated rings. The Balaban J connectivity index is 2.14. The number of ether oxygens (including phenoxy) is 1. The Bertz CT molecular complexity index is 427. The Kier molecular flexibility index (Phi) is 3.20. The summed E-state index contributed by atoms with van der Waals surface area (Å²) in [7, 11) is 0. The van der Waals surface area contributed by atoms with Crippen LogP contribution in [-0.4, -0.2) is 23.8 Å². The second-order valence-corrected chi connectivity index (χ2v) is 4.95. The first-order valence-corrected chi connectivity index (χ1v) is 5.94. The standard InChI is InChI=1S/C14H18O3/c1-10-5-3-4-6-11(10)9-12(15)14(2)7-8-17-13(14)16/h3-6,12,15H,7-9H2,1-2H3. The van der Waals surface area contributed by atoms with Gasteiger partial charge in [0, 0.05) is 0 Å². The number of benzene rings is 1. The molecule has 1 saturated heterocycles. The van der Waals surface area contributed by atoms with Gasteiger partial charge in [0.25, 0.3) is 0 Å². The van der Waals surface area contributed by atoms with Crippen LogP contribution in [-0.2, 0) is 16.0 Å². The molecule has 92 valence electrons. The van der Waals surface area contributed by atoms with Gasteiger partial charge in [0.15, 0.2) is 0 Å². The maximum atomic E-state index is 11.6. The number of hydrogen-bond donors (Lipinski definition) is 1. The molecule has 1 heterocycles. The second-order valence-electron chi connectivity index (χ2n) is 4.95. The number of aliphatic hydroxyl groups is 1. The van der Waals surface area contributed by atoms with E-state index in [0.717, 1.165) is 11.1 Å². The first kappa shape index (κ1) is 12.1. The summed E-state index contributed by atoms with van der Waals surface area (Å²) in [6.45, 7) is 4.21. The highest BCUT2D eigenvalue weighted by Crippen LogP contribution is 2.34. The van der Waals surface area contributed by atoms with E-state index < -0.39 is 11.5 Å². The summed E-state index contributed by atoms with van der Waals surface area (Å²) in [6, 6.07) is 7.92. The normalized spacial score (nSPS) is 25.7. The van der Waals surface area contributed by atoms with Gasteiger partial charge in [0.05, 0.1) is 18.1 Å². The molecular formula is C14H18O3. The lowest BCUT2D eigenvalue weighted by atomic mass is 9.79. The Morgan fingerprint density at radius 2 is 2.18 bits per heavy atom. The van der Waals surface area contributed by atoms with Crippen LogP contribution in [0.1, 0.15) is 24.5 Å². The first-order chi connectivity index (χ1) is 8.04. The van der Waals surface area contributed by atoms with Crippen LogP contribution in [0.25, 0.3) is 0 Å². The summed E-state index contributed by atoms with van der Waals surface area (Å²) in [4.78, 5) is 11.6. The molecule has 1 aliphatic rings. The van der Waals surface area contributed by atoms with Crippen LogP contribution in [0.3, 0.4) is 0 Å². The third kappa shape index (κ3) is 2.20. The number of rotatable bonds is 3. The van der Waals surface area contributed by atoms with Gasteiger partial charge in [-0.3, -0.25) is 4.79 Å². The van der Waals surface area contributed by atoms with Gasteiger partial charge in [-0.15, -0.1) is 0 Å². The van der Waals surface area contributed by atoms with Gasteiger partial charge < -0.3 is 9.84 Å². The lowest BCUT2D eigenvalue weighted by Gasteiger charge is -2.26. The molecule has 2 atom stereocenters. The van der Waals surface area contributed by atoms with E-state index in [1.807, 2.05) is 31.2 Å². The molecule has 2 unspecified atom stereocenters. The van der Waals surface area contributed by atoms with Crippen LogP contribution in [0.2, 0.25) is 0 Å². The molecule has 0 aliphatic carbocycles. The average Bonchev–Trinajstić information content (AvgIpc) is 2.64. The first-order valence-electron chi connectivity index (χ1n) is 5.94. The van der Waals surface area contributed by atoms with Crippen LogP contribution < -0.4 is 0 Å². The van der Waals surface area contributed by atoms with Gasteiger partial charge >= 0.3 is 5.97 Å². The summed E-state index contributed by atoms with van der Waals surface area (Å²) >= 11 is 0. The number of aliphatic hydroxyl groups excluding tert-OH is 1. The van der Waals surface area contributed by atoms with Crippen LogP contribution in [0.15, 0.2) is 24.3 Å². The minimum Gasteiger partial charge on any atom is -0.465 e. The van der Waals surface area contributed by atoms with Crippen molar-refractivity contribution in [3.8, 4) is 0 Å². The zero-order valence-electron chi connectivity index (χ0n) is 10.3. The van der Waals surface area contributed by atoms with Crippen molar-refractivity contribution in [2.24, 2.45) is 5.41 Å². The highest BCUT2D eigenvalue weighted by atomic mass is 16.5. The van der Waals surface area contributed by atoms with Crippen molar-refractivity contribution in [3.63, 3.8) is 0 Å². The average molecular weight is 234 g/mol. The number of hydrogen-bond acceptors (Lipinski definition) is 3. The van der Waals surface area contributed by atoms with Gasteiger partial charge in [-0.05, 0) is 37.8 Å². The molecule has 17 heavy (non-hydrogen) atoms. The number of carbonyl (C=O) groups excluding carboxylic acids is 1. The molecule has 0 radical (unpaired) electrons. The van der Waals surface area contributed by atoms with Crippen LogP contribution >= 0.6 is 0 Å². The third-order valence-electron chi connectivity index (χ3n) is 3.73. The molecule has 1 aliphatic heterocycles. The molecule has 0 amide bonds. The molecule has 1 aromatic carbocycles. The largest absolute Gasteiger partial charge is 0.465 e. The Morgan fingerprint density at radius 3 is 2.76 bits per heavy atom. The molecule has 0 spiro atoms. The van der Waals surface area contributed by atoms with E-state index >= 15 is 0 Å². The highest BCUT2D eigenvalue weighted by Gasteiger charge is 2.45. The van der Waals surface area contributed by atoms with E-state index in [-0.39, 0.29) is 5.97 Å². The van der Waals surface area contributed by atoms with E-state index in [2.05, 4.69) is 0 Å². The topological polar surface area (TPSA) is 46.5 Å². The summed E-state index contributed by atoms with van der Waals surface area (Å²) in [5.41, 5.74) is 1.48. The Labute approximate surface area is 101 Å². The van der Waals surface area contributed by atoms with Crippen molar-refractivity contribution < 1.29 is 14.6 Å². The molecule has 1 aromatic rings. The molecule has 1 N–H and O–H groups in total. The number of cyclic esters (lactones) is 1. The predicted octanol–water partition coefficient (Wildman–Crippen LogP) is 1.85. The van der Waals surface area contributed by atoms with Crippen molar-refractivity contribution in [1.29, 1.82) is 0 Å². The Hall–Kier alpha value is -1.35. The fourth-order valence-corrected chi connectivity index (χ4v) is 2.20. The number of esters is 1. The fourth-order valence-electron chi connectivity index (χ4n) is 2.20. The molecule has 3 nitrogen and oxygen atoms in total. The van der Waals surface area contributed by atoms with E-state index in [1.165, 1.54) is 0 Å². The van der Waals surface area contributed by atoms with Crippen LogP contribution in [0.5, 0.6) is 0 Å². The summed E-state index contributed by atoms with van der Waals surface area (Å²) < 4.78 is 4.96. The van der Waals surface area contributed by atoms with Gasteiger partial charge in [0.2, 0.25) is 0 Å². The molecule has 0 saturated carbocycles. The van der Waals surface area contributed by atoms with Gasteiger partial charge in [-0.1, -0.05) is 24.3 Å². The monoisotopic (exact) mass is 234 g/mol. The quantitative estimate of drug-likeness (QED) is 0.812. The highest BCUT2D eigenvalue weighted by molar-refractivity contribution is 5.78. The molecule has 2 rings (SSSR count). The SMILES string of the molecule is Cc1ccccc1CC(O)C1(C)CCOC1=O. The van der Waals surface area contributed by atoms with Crippen molar-refractivity contribution in [1.82, 2.24) is 0 Å². The molecule has 3 heteroatoms. The van der Waals surface area contributed by atoms with Gasteiger partial charge in [0.1, 0.15) is 0 Å². The van der Waals surface area contributed by atoms with Crippen molar-refractivity contribution >= 4 is 5.97 Å². The van der Waals surface area contributed by atoms with E-state index in [4.69, 9.17) is 4.74 Å². The minimum absolute atomic E-state index is 0.279. The lowest BCUT2D eigenvalue weighted by molar-refractivity contribution is -0.150. The van der Waals surface area contributed by atoms with Crippen molar-refractivity contribution in [2.75, 3.05) is 6.61 Å². The minimum atomic E-state index is -0.748. The van der Waals surface area contributed by atoms with Gasteiger partial charge in [-0.2, -0.15) is 0 Å². The van der Waals surface area contributed by atoms with Crippen LogP contribution in [0, 0.1) is 12.3 Å². The molecule has 0 aromatic heterocycles. The van der Waals surface area contributed by atoms with E-state index in [1.54, 1.807) is 6.92 Å². The number of carbonyl (C=O) groups is 1. The summed E-state index contributed by atoms with van der Waals surface area (Å²) in [5.74, 6) is -0.279. The van der Waals surface area contributed by atoms with Crippen LogP contribution in [0.4, 0.5) is 0 Å². The van der Waals surface area contributed by atoms with Crippen molar-refractivity contribution in [3.05, 3.63) is 35.4 Å². The molecular weight excluding hydrogens is 216 g/mol. The van der Waals surface area contributed by atoms with E-state index in [9.17, 15) is 9.90 Å². The zero-order valence-corrected chi connectivity index (χ0v) is 10.3. The smallest absolute Gasteiger partial charge is 0.314 e. The predicted molar refractivity (Wildman–Crippen MR) is 64.6 cm³/mol. The Morgan fingerprint density at radius 1 is 1.47 bits per heavy atom. The van der Waals surface area contributed by atoms with E-state index in [0.29, 0.717) is 19.4 Å². The lowest BCUT2D eigenvalue weighted by Crippen LogP contribution is -2.38. The summed E-state index contributed by atoms with van der Waals surface area (Å²) in [6.07, 6.45) is 0.413. The molecule has 0 bridgehead atoms. The maximum Gasteiger partial charge on any atom is 0.314 e. The second kappa shape index (κ2) is 4.49. The summed E-state index contributed by atoms with van der Waals surface area (Å²) in [5, 5.41) is 10.3. The third-order valence-corrected chi connectivity index (χ3v) is 3.73. The maximum absolute atomic E-state index is 11.6. The fraction of sp³-hybridized carbons (Fsp3) is 0.500. The van der Waals surface area contributed by atoms with Gasteiger partial charge in [-0.25, -0.2) is 0 Å². The van der Waals surface area contributed by atoms with Crippen molar-refractivity contribution in [2.45, 2.75) is 32.8 Å². The number of aryl methyl sites for hydroxylation is 1.